The summed E-state index contributed by atoms with van der Waals surface area (Å²) >= 11 is 0. The topological polar surface area (TPSA) is 20.3 Å². The number of unbranched alkanes of at least 4 members (excludes halogenated alkanes) is 2. The van der Waals surface area contributed by atoms with Crippen molar-refractivity contribution in [2.45, 2.75) is 32.6 Å². The molecule has 0 saturated carbocycles. The lowest BCUT2D eigenvalue weighted by Crippen LogP contribution is -2.27. The minimum atomic E-state index is 0. The Kier molecular flexibility index (Phi) is 10.9. The third-order valence-corrected chi connectivity index (χ3v) is 3.38. The third-order valence-electron chi connectivity index (χ3n) is 3.38. The van der Waals surface area contributed by atoms with Gasteiger partial charge in [-0.15, -0.1) is 12.4 Å². The van der Waals surface area contributed by atoms with Gasteiger partial charge in [-0.05, 0) is 32.2 Å². The van der Waals surface area contributed by atoms with Gasteiger partial charge in [0.1, 0.15) is 0 Å². The summed E-state index contributed by atoms with van der Waals surface area (Å²) in [6.45, 7) is 3.03. The van der Waals surface area contributed by atoms with E-state index in [1.54, 1.807) is 6.08 Å². The van der Waals surface area contributed by atoms with Crippen LogP contribution in [0.5, 0.6) is 0 Å². The minimum Gasteiger partial charge on any atom is -0.309 e. The number of hydrogen-bond donors (Lipinski definition) is 0. The number of nitrogens with zero attached hydrogens (tertiary/aromatic N) is 1. The summed E-state index contributed by atoms with van der Waals surface area (Å²) < 4.78 is 0. The second kappa shape index (κ2) is 11.5. The SMILES string of the molecule is CCCCCC(CN(C)C)C(=O)/C=C/c1ccccc1.Cl. The van der Waals surface area contributed by atoms with Gasteiger partial charge in [0, 0.05) is 12.5 Å². The molecular weight excluding hydrogens is 282 g/mol. The van der Waals surface area contributed by atoms with Crippen LogP contribution in [0.1, 0.15) is 38.2 Å². The first-order valence-electron chi connectivity index (χ1n) is 7.55. The molecular formula is C18H28ClNO. The first kappa shape index (κ1) is 19.9. The van der Waals surface area contributed by atoms with Crippen LogP contribution in [0.15, 0.2) is 36.4 Å². The molecule has 118 valence electrons. The molecule has 0 radical (unpaired) electrons. The molecule has 0 N–H and O–H groups in total. The number of carbonyl (C=O) groups excluding carboxylic acids is 1. The molecule has 3 heteroatoms. The number of carbonyl (C=O) groups is 1. The van der Waals surface area contributed by atoms with Gasteiger partial charge < -0.3 is 4.90 Å². The van der Waals surface area contributed by atoms with Crippen molar-refractivity contribution in [3.05, 3.63) is 42.0 Å². The summed E-state index contributed by atoms with van der Waals surface area (Å²) in [5.41, 5.74) is 1.08. The molecule has 1 aromatic rings. The first-order chi connectivity index (χ1) is 9.63. The fourth-order valence-electron chi connectivity index (χ4n) is 2.28. The normalized spacial score (nSPS) is 12.4. The molecule has 2 nitrogen and oxygen atoms in total. The molecule has 1 atom stereocenters. The molecule has 1 rings (SSSR count). The molecule has 0 aliphatic heterocycles. The maximum atomic E-state index is 12.3. The molecule has 1 aromatic carbocycles. The van der Waals surface area contributed by atoms with Crippen molar-refractivity contribution < 1.29 is 4.79 Å². The van der Waals surface area contributed by atoms with Crippen molar-refractivity contribution in [3.8, 4) is 0 Å². The van der Waals surface area contributed by atoms with Gasteiger partial charge in [0.05, 0.1) is 0 Å². The molecule has 0 saturated heterocycles. The lowest BCUT2D eigenvalue weighted by atomic mass is 9.95. The van der Waals surface area contributed by atoms with Crippen molar-refractivity contribution >= 4 is 24.3 Å². The maximum Gasteiger partial charge on any atom is 0.160 e. The van der Waals surface area contributed by atoms with Crippen LogP contribution in [0, 0.1) is 5.92 Å². The predicted octanol–water partition coefficient (Wildman–Crippen LogP) is 4.45. The number of allylic oxidation sites excluding steroid dienone is 1. The standard InChI is InChI=1S/C18H27NO.ClH/c1-4-5-7-12-17(15-19(2)3)18(20)14-13-16-10-8-6-9-11-16;/h6,8-11,13-14,17H,4-5,7,12,15H2,1-3H3;1H/b14-13+;. The Balaban J connectivity index is 0.00000400. The van der Waals surface area contributed by atoms with E-state index in [2.05, 4.69) is 11.8 Å². The number of rotatable bonds is 9. The lowest BCUT2D eigenvalue weighted by molar-refractivity contribution is -0.118. The molecule has 0 heterocycles. The Labute approximate surface area is 135 Å². The van der Waals surface area contributed by atoms with E-state index in [0.29, 0.717) is 0 Å². The van der Waals surface area contributed by atoms with E-state index in [0.717, 1.165) is 24.9 Å². The molecule has 1 unspecified atom stereocenters. The van der Waals surface area contributed by atoms with E-state index in [1.165, 1.54) is 12.8 Å². The Morgan fingerprint density at radius 3 is 2.43 bits per heavy atom. The van der Waals surface area contributed by atoms with Gasteiger partial charge in [-0.1, -0.05) is 62.6 Å². The van der Waals surface area contributed by atoms with Crippen molar-refractivity contribution in [2.75, 3.05) is 20.6 Å². The van der Waals surface area contributed by atoms with Crippen LogP contribution in [0.25, 0.3) is 6.08 Å². The zero-order valence-corrected chi connectivity index (χ0v) is 14.2. The molecule has 21 heavy (non-hydrogen) atoms. The highest BCUT2D eigenvalue weighted by molar-refractivity contribution is 5.95. The number of hydrogen-bond acceptors (Lipinski definition) is 2. The molecule has 0 amide bonds. The molecule has 0 spiro atoms. The number of ketones is 1. The molecule has 0 aliphatic carbocycles. The van der Waals surface area contributed by atoms with Gasteiger partial charge in [0.25, 0.3) is 0 Å². The van der Waals surface area contributed by atoms with Gasteiger partial charge in [0.15, 0.2) is 5.78 Å². The third kappa shape index (κ3) is 8.69. The molecule has 0 fully saturated rings. The Hall–Kier alpha value is -1.12. The van der Waals surface area contributed by atoms with E-state index in [9.17, 15) is 4.79 Å². The van der Waals surface area contributed by atoms with Crippen LogP contribution in [0.3, 0.4) is 0 Å². The highest BCUT2D eigenvalue weighted by atomic mass is 35.5. The second-order valence-corrected chi connectivity index (χ2v) is 5.60. The summed E-state index contributed by atoms with van der Waals surface area (Å²) in [5.74, 6) is 0.371. The van der Waals surface area contributed by atoms with Crippen molar-refractivity contribution in [1.29, 1.82) is 0 Å². The smallest absolute Gasteiger partial charge is 0.160 e. The van der Waals surface area contributed by atoms with Crippen molar-refractivity contribution in [3.63, 3.8) is 0 Å². The summed E-state index contributed by atoms with van der Waals surface area (Å²) in [6.07, 6.45) is 8.20. The fraction of sp³-hybridized carbons (Fsp3) is 0.500. The molecule has 0 aromatic heterocycles. The zero-order chi connectivity index (χ0) is 14.8. The Morgan fingerprint density at radius 1 is 1.19 bits per heavy atom. The first-order valence-corrected chi connectivity index (χ1v) is 7.55. The fourth-order valence-corrected chi connectivity index (χ4v) is 2.28. The van der Waals surface area contributed by atoms with E-state index < -0.39 is 0 Å². The largest absolute Gasteiger partial charge is 0.309 e. The summed E-state index contributed by atoms with van der Waals surface area (Å²) in [4.78, 5) is 14.4. The minimum absolute atomic E-state index is 0. The van der Waals surface area contributed by atoms with Crippen molar-refractivity contribution in [2.24, 2.45) is 5.92 Å². The van der Waals surface area contributed by atoms with Crippen LogP contribution >= 0.6 is 12.4 Å². The lowest BCUT2D eigenvalue weighted by Gasteiger charge is -2.18. The molecule has 0 aliphatic rings. The van der Waals surface area contributed by atoms with E-state index >= 15 is 0 Å². The van der Waals surface area contributed by atoms with Gasteiger partial charge in [-0.3, -0.25) is 4.79 Å². The van der Waals surface area contributed by atoms with Gasteiger partial charge in [-0.2, -0.15) is 0 Å². The van der Waals surface area contributed by atoms with Gasteiger partial charge in [0.2, 0.25) is 0 Å². The number of halogens is 1. The average molecular weight is 310 g/mol. The van der Waals surface area contributed by atoms with Crippen LogP contribution < -0.4 is 0 Å². The Bertz CT molecular complexity index is 414. The van der Waals surface area contributed by atoms with Gasteiger partial charge >= 0.3 is 0 Å². The highest BCUT2D eigenvalue weighted by Gasteiger charge is 2.16. The zero-order valence-electron chi connectivity index (χ0n) is 13.4. The van der Waals surface area contributed by atoms with E-state index in [-0.39, 0.29) is 24.1 Å². The van der Waals surface area contributed by atoms with Crippen LogP contribution in [-0.2, 0) is 4.79 Å². The summed E-state index contributed by atoms with van der Waals surface area (Å²) in [6, 6.07) is 9.99. The predicted molar refractivity (Wildman–Crippen MR) is 93.9 cm³/mol. The van der Waals surface area contributed by atoms with Crippen LogP contribution in [0.4, 0.5) is 0 Å². The average Bonchev–Trinajstić information content (AvgIpc) is 2.44. The second-order valence-electron chi connectivity index (χ2n) is 5.60. The van der Waals surface area contributed by atoms with E-state index in [4.69, 9.17) is 0 Å². The summed E-state index contributed by atoms with van der Waals surface area (Å²) in [5, 5.41) is 0. The summed E-state index contributed by atoms with van der Waals surface area (Å²) in [7, 11) is 4.06. The Morgan fingerprint density at radius 2 is 1.86 bits per heavy atom. The number of benzene rings is 1. The maximum absolute atomic E-state index is 12.3. The van der Waals surface area contributed by atoms with Crippen LogP contribution in [0.2, 0.25) is 0 Å². The van der Waals surface area contributed by atoms with E-state index in [1.807, 2.05) is 50.5 Å². The van der Waals surface area contributed by atoms with Crippen molar-refractivity contribution in [1.82, 2.24) is 4.90 Å². The molecule has 0 bridgehead atoms. The van der Waals surface area contributed by atoms with Gasteiger partial charge in [-0.25, -0.2) is 0 Å². The highest BCUT2D eigenvalue weighted by Crippen LogP contribution is 2.14. The monoisotopic (exact) mass is 309 g/mol. The quantitative estimate of drug-likeness (QED) is 0.496. The van der Waals surface area contributed by atoms with Crippen LogP contribution in [-0.4, -0.2) is 31.3 Å².